The van der Waals surface area contributed by atoms with E-state index in [1.807, 2.05) is 0 Å². The molecule has 112 valence electrons. The van der Waals surface area contributed by atoms with E-state index in [-0.39, 0.29) is 11.6 Å². The third-order valence-corrected chi connectivity index (χ3v) is 2.47. The minimum absolute atomic E-state index is 0.144. The van der Waals surface area contributed by atoms with Crippen molar-refractivity contribution >= 4 is 17.6 Å². The van der Waals surface area contributed by atoms with Gasteiger partial charge in [-0.2, -0.15) is 0 Å². The minimum Gasteiger partial charge on any atom is -0.444 e. The van der Waals surface area contributed by atoms with E-state index in [2.05, 4.69) is 10.4 Å². The number of aromatic nitrogens is 2. The lowest BCUT2D eigenvalue weighted by Gasteiger charge is -2.19. The van der Waals surface area contributed by atoms with E-state index in [0.29, 0.717) is 11.4 Å². The molecule has 0 aliphatic heterocycles. The van der Waals surface area contributed by atoms with E-state index in [0.717, 1.165) is 0 Å². The molecular weight excluding hydrogens is 275 g/mol. The zero-order chi connectivity index (χ0) is 15.6. The molecule has 2 rings (SSSR count). The molecule has 0 saturated heterocycles. The fourth-order valence-corrected chi connectivity index (χ4v) is 1.62. The second kappa shape index (κ2) is 5.43. The molecule has 21 heavy (non-hydrogen) atoms. The third-order valence-electron chi connectivity index (χ3n) is 2.47. The molecule has 1 aromatic heterocycles. The zero-order valence-corrected chi connectivity index (χ0v) is 12.1. The third kappa shape index (κ3) is 3.95. The summed E-state index contributed by atoms with van der Waals surface area (Å²) in [6, 6.07) is 5.74. The molecule has 1 heterocycles. The summed E-state index contributed by atoms with van der Waals surface area (Å²) in [5, 5.41) is 6.59. The Kier molecular flexibility index (Phi) is 3.84. The molecule has 0 radical (unpaired) electrons. The van der Waals surface area contributed by atoms with Gasteiger partial charge in [0.05, 0.1) is 11.9 Å². The molecule has 0 bridgehead atoms. The zero-order valence-electron chi connectivity index (χ0n) is 12.1. The van der Waals surface area contributed by atoms with Gasteiger partial charge in [0.25, 0.3) is 0 Å². The molecule has 0 saturated carbocycles. The quantitative estimate of drug-likeness (QED) is 0.891. The Morgan fingerprint density at radius 1 is 1.33 bits per heavy atom. The number of benzene rings is 1. The van der Waals surface area contributed by atoms with Gasteiger partial charge in [-0.3, -0.25) is 5.32 Å². The van der Waals surface area contributed by atoms with Crippen molar-refractivity contribution < 1.29 is 13.9 Å². The summed E-state index contributed by atoms with van der Waals surface area (Å²) in [4.78, 5) is 11.7. The molecule has 1 amide bonds. The average molecular weight is 292 g/mol. The lowest BCUT2D eigenvalue weighted by molar-refractivity contribution is 0.0636. The van der Waals surface area contributed by atoms with Gasteiger partial charge >= 0.3 is 6.09 Å². The van der Waals surface area contributed by atoms with Crippen LogP contribution in [0.15, 0.2) is 30.5 Å². The number of nitrogens with two attached hydrogens (primary N) is 1. The van der Waals surface area contributed by atoms with E-state index < -0.39 is 11.7 Å². The van der Waals surface area contributed by atoms with Crippen LogP contribution in [0.1, 0.15) is 20.8 Å². The Morgan fingerprint density at radius 2 is 1.95 bits per heavy atom. The number of carbonyl (C=O) groups excluding carboxylic acids is 1. The molecule has 0 fully saturated rings. The fourth-order valence-electron chi connectivity index (χ4n) is 1.62. The Bertz CT molecular complexity index is 644. The first-order chi connectivity index (χ1) is 9.74. The van der Waals surface area contributed by atoms with Gasteiger partial charge < -0.3 is 10.5 Å². The molecular formula is C14H17FN4O2. The number of hydrogen-bond donors (Lipinski definition) is 2. The van der Waals surface area contributed by atoms with E-state index >= 15 is 0 Å². The standard InChI is InChI=1S/C14H17FN4O2/c1-14(2,3)21-13(20)17-11-8-19(18-12(11)16)10-6-4-9(15)5-7-10/h4-8H,1-3H3,(H2,16,18)(H,17,20). The van der Waals surface area contributed by atoms with Gasteiger partial charge in [0, 0.05) is 0 Å². The van der Waals surface area contributed by atoms with Gasteiger partial charge in [0.15, 0.2) is 5.82 Å². The highest BCUT2D eigenvalue weighted by Crippen LogP contribution is 2.20. The first-order valence-corrected chi connectivity index (χ1v) is 6.36. The van der Waals surface area contributed by atoms with Crippen LogP contribution in [-0.2, 0) is 4.74 Å². The van der Waals surface area contributed by atoms with Gasteiger partial charge in [-0.05, 0) is 45.0 Å². The first kappa shape index (κ1) is 14.8. The van der Waals surface area contributed by atoms with Crippen LogP contribution in [0.25, 0.3) is 5.69 Å². The summed E-state index contributed by atoms with van der Waals surface area (Å²) in [5.41, 5.74) is 6.09. The maximum absolute atomic E-state index is 12.9. The normalized spacial score (nSPS) is 11.2. The summed E-state index contributed by atoms with van der Waals surface area (Å²) >= 11 is 0. The van der Waals surface area contributed by atoms with Crippen LogP contribution in [0.5, 0.6) is 0 Å². The van der Waals surface area contributed by atoms with Crippen molar-refractivity contribution in [3.8, 4) is 5.69 Å². The van der Waals surface area contributed by atoms with Gasteiger partial charge in [-0.15, -0.1) is 5.10 Å². The van der Waals surface area contributed by atoms with Gasteiger partial charge in [-0.1, -0.05) is 0 Å². The van der Waals surface area contributed by atoms with Crippen LogP contribution in [-0.4, -0.2) is 21.5 Å². The summed E-state index contributed by atoms with van der Waals surface area (Å²) in [7, 11) is 0. The summed E-state index contributed by atoms with van der Waals surface area (Å²) in [5.74, 6) is -0.198. The number of carbonyl (C=O) groups is 1. The molecule has 1 aromatic carbocycles. The van der Waals surface area contributed by atoms with Crippen LogP contribution in [0.4, 0.5) is 20.7 Å². The number of nitrogens with zero attached hydrogens (tertiary/aromatic N) is 2. The van der Waals surface area contributed by atoms with Crippen LogP contribution >= 0.6 is 0 Å². The van der Waals surface area contributed by atoms with Crippen molar-refractivity contribution in [1.82, 2.24) is 9.78 Å². The highest BCUT2D eigenvalue weighted by atomic mass is 19.1. The second-order valence-corrected chi connectivity index (χ2v) is 5.48. The SMILES string of the molecule is CC(C)(C)OC(=O)Nc1cn(-c2ccc(F)cc2)nc1N. The highest BCUT2D eigenvalue weighted by molar-refractivity contribution is 5.88. The molecule has 0 aliphatic carbocycles. The van der Waals surface area contributed by atoms with Crippen molar-refractivity contribution in [2.24, 2.45) is 0 Å². The largest absolute Gasteiger partial charge is 0.444 e. The van der Waals surface area contributed by atoms with Crippen molar-refractivity contribution in [3.63, 3.8) is 0 Å². The van der Waals surface area contributed by atoms with E-state index in [4.69, 9.17) is 10.5 Å². The van der Waals surface area contributed by atoms with E-state index in [1.54, 1.807) is 32.9 Å². The number of ether oxygens (including phenoxy) is 1. The number of amides is 1. The van der Waals surface area contributed by atoms with Crippen molar-refractivity contribution in [3.05, 3.63) is 36.3 Å². The highest BCUT2D eigenvalue weighted by Gasteiger charge is 2.18. The molecule has 2 aromatic rings. The number of halogens is 1. The Balaban J connectivity index is 2.16. The smallest absolute Gasteiger partial charge is 0.412 e. The van der Waals surface area contributed by atoms with E-state index in [1.165, 1.54) is 23.0 Å². The molecule has 0 unspecified atom stereocenters. The number of rotatable bonds is 2. The number of anilines is 2. The van der Waals surface area contributed by atoms with Crippen LogP contribution in [0.3, 0.4) is 0 Å². The van der Waals surface area contributed by atoms with Crippen molar-refractivity contribution in [2.75, 3.05) is 11.1 Å². The van der Waals surface area contributed by atoms with Gasteiger partial charge in [0.2, 0.25) is 0 Å². The second-order valence-electron chi connectivity index (χ2n) is 5.48. The van der Waals surface area contributed by atoms with Gasteiger partial charge in [0.1, 0.15) is 17.1 Å². The summed E-state index contributed by atoms with van der Waals surface area (Å²) in [6.07, 6.45) is 0.916. The lowest BCUT2D eigenvalue weighted by Crippen LogP contribution is -2.27. The number of hydrogen-bond acceptors (Lipinski definition) is 4. The molecule has 0 aliphatic rings. The molecule has 3 N–H and O–H groups in total. The Hall–Kier alpha value is -2.57. The summed E-state index contributed by atoms with van der Waals surface area (Å²) < 4.78 is 19.5. The monoisotopic (exact) mass is 292 g/mol. The molecule has 6 nitrogen and oxygen atoms in total. The number of nitrogens with one attached hydrogen (secondary N) is 1. The topological polar surface area (TPSA) is 82.2 Å². The number of nitrogen functional groups attached to an aromatic ring is 1. The Morgan fingerprint density at radius 3 is 2.52 bits per heavy atom. The minimum atomic E-state index is -0.618. The van der Waals surface area contributed by atoms with Gasteiger partial charge in [-0.25, -0.2) is 13.9 Å². The average Bonchev–Trinajstić information content (AvgIpc) is 2.69. The van der Waals surface area contributed by atoms with Crippen LogP contribution in [0.2, 0.25) is 0 Å². The molecule has 0 spiro atoms. The fraction of sp³-hybridized carbons (Fsp3) is 0.286. The van der Waals surface area contributed by atoms with Crippen molar-refractivity contribution in [1.29, 1.82) is 0 Å². The lowest BCUT2D eigenvalue weighted by atomic mass is 10.2. The van der Waals surface area contributed by atoms with Crippen LogP contribution in [0, 0.1) is 5.82 Å². The molecule has 0 atom stereocenters. The predicted molar refractivity (Wildman–Crippen MR) is 77.8 cm³/mol. The van der Waals surface area contributed by atoms with E-state index in [9.17, 15) is 9.18 Å². The maximum Gasteiger partial charge on any atom is 0.412 e. The summed E-state index contributed by atoms with van der Waals surface area (Å²) in [6.45, 7) is 5.29. The molecule has 7 heteroatoms. The maximum atomic E-state index is 12.9. The first-order valence-electron chi connectivity index (χ1n) is 6.36. The van der Waals surface area contributed by atoms with Crippen molar-refractivity contribution in [2.45, 2.75) is 26.4 Å². The van der Waals surface area contributed by atoms with Crippen LogP contribution < -0.4 is 11.1 Å². The Labute approximate surface area is 121 Å². The predicted octanol–water partition coefficient (Wildman–Crippen LogP) is 2.94.